The van der Waals surface area contributed by atoms with Gasteiger partial charge in [-0.25, -0.2) is 0 Å². The number of fused-ring (bicyclic) bond motifs is 1. The highest BCUT2D eigenvalue weighted by Crippen LogP contribution is 2.45. The number of rotatable bonds is 3. The van der Waals surface area contributed by atoms with Crippen molar-refractivity contribution in [1.82, 2.24) is 10.2 Å². The third-order valence-corrected chi connectivity index (χ3v) is 4.95. The molecule has 1 N–H and O–H groups in total. The average Bonchev–Trinajstić information content (AvgIpc) is 2.58. The van der Waals surface area contributed by atoms with Crippen molar-refractivity contribution in [2.24, 2.45) is 0 Å². The molecule has 0 spiro atoms. The first kappa shape index (κ1) is 19.9. The SMILES string of the molecule is CCc1cc2c(cc1C#Cc1ccc(CC(=O)O)nn1)C(C)(C)CC(C)(C)O2. The van der Waals surface area contributed by atoms with Gasteiger partial charge < -0.3 is 9.84 Å². The summed E-state index contributed by atoms with van der Waals surface area (Å²) in [6.45, 7) is 10.8. The number of hydrogen-bond acceptors (Lipinski definition) is 4. The first-order chi connectivity index (χ1) is 13.1. The molecule has 1 aliphatic rings. The normalized spacial score (nSPS) is 16.3. The first-order valence-corrected chi connectivity index (χ1v) is 9.52. The predicted molar refractivity (Wildman–Crippen MR) is 108 cm³/mol. The number of aromatic nitrogens is 2. The van der Waals surface area contributed by atoms with E-state index in [9.17, 15) is 4.79 Å². The van der Waals surface area contributed by atoms with Crippen LogP contribution in [0.25, 0.3) is 0 Å². The number of nitrogens with zero attached hydrogens (tertiary/aromatic N) is 2. The predicted octanol–water partition coefficient (Wildman–Crippen LogP) is 3.90. The molecule has 0 amide bonds. The number of aliphatic carboxylic acids is 1. The second kappa shape index (κ2) is 7.27. The molecule has 0 aliphatic carbocycles. The van der Waals surface area contributed by atoms with E-state index >= 15 is 0 Å². The molecule has 1 aliphatic heterocycles. The van der Waals surface area contributed by atoms with Gasteiger partial charge >= 0.3 is 5.97 Å². The number of aryl methyl sites for hydroxylation is 1. The number of carbonyl (C=O) groups is 1. The van der Waals surface area contributed by atoms with Gasteiger partial charge in [0.15, 0.2) is 0 Å². The van der Waals surface area contributed by atoms with Crippen LogP contribution in [0.3, 0.4) is 0 Å². The monoisotopic (exact) mass is 378 g/mol. The van der Waals surface area contributed by atoms with E-state index in [1.165, 1.54) is 5.56 Å². The van der Waals surface area contributed by atoms with Crippen LogP contribution in [0.5, 0.6) is 5.75 Å². The van der Waals surface area contributed by atoms with Gasteiger partial charge in [-0.15, -0.1) is 5.10 Å². The maximum absolute atomic E-state index is 10.7. The lowest BCUT2D eigenvalue weighted by Crippen LogP contribution is -2.41. The van der Waals surface area contributed by atoms with Gasteiger partial charge in [0, 0.05) is 11.1 Å². The zero-order valence-corrected chi connectivity index (χ0v) is 17.1. The number of carboxylic acid groups (broad SMARTS) is 1. The largest absolute Gasteiger partial charge is 0.488 e. The van der Waals surface area contributed by atoms with Gasteiger partial charge in [0.25, 0.3) is 0 Å². The standard InChI is InChI=1S/C23H26N2O3/c1-6-15-12-20-19(22(2,3)14-23(4,5)28-20)11-16(15)7-8-17-9-10-18(25-24-17)13-21(26)27/h9-12H,6,13-14H2,1-5H3,(H,26,27). The van der Waals surface area contributed by atoms with Crippen LogP contribution in [0, 0.1) is 11.8 Å². The third-order valence-electron chi connectivity index (χ3n) is 4.95. The quantitative estimate of drug-likeness (QED) is 0.820. The second-order valence-corrected chi connectivity index (χ2v) is 8.51. The van der Waals surface area contributed by atoms with Crippen molar-refractivity contribution < 1.29 is 14.6 Å². The molecule has 2 heterocycles. The van der Waals surface area contributed by atoms with Crippen molar-refractivity contribution in [3.8, 4) is 17.6 Å². The lowest BCUT2D eigenvalue weighted by atomic mass is 9.73. The number of benzene rings is 1. The number of ether oxygens (including phenoxy) is 1. The second-order valence-electron chi connectivity index (χ2n) is 8.51. The van der Waals surface area contributed by atoms with Gasteiger partial charge in [-0.3, -0.25) is 4.79 Å². The minimum absolute atomic E-state index is 0.00191. The van der Waals surface area contributed by atoms with E-state index in [1.807, 2.05) is 0 Å². The van der Waals surface area contributed by atoms with Crippen molar-refractivity contribution in [3.63, 3.8) is 0 Å². The molecular weight excluding hydrogens is 352 g/mol. The number of hydrogen-bond donors (Lipinski definition) is 1. The van der Waals surface area contributed by atoms with Gasteiger partial charge in [0.05, 0.1) is 12.1 Å². The summed E-state index contributed by atoms with van der Waals surface area (Å²) in [7, 11) is 0. The van der Waals surface area contributed by atoms with Gasteiger partial charge in [0.2, 0.25) is 0 Å². The van der Waals surface area contributed by atoms with E-state index in [-0.39, 0.29) is 17.4 Å². The van der Waals surface area contributed by atoms with E-state index in [1.54, 1.807) is 12.1 Å². The van der Waals surface area contributed by atoms with Crippen LogP contribution in [0.15, 0.2) is 24.3 Å². The molecular formula is C23H26N2O3. The Kier molecular flexibility index (Phi) is 5.16. The van der Waals surface area contributed by atoms with Crippen LogP contribution in [0.1, 0.15) is 69.1 Å². The Labute approximate surface area is 166 Å². The molecule has 5 heteroatoms. The maximum Gasteiger partial charge on any atom is 0.309 e. The van der Waals surface area contributed by atoms with Crippen molar-refractivity contribution >= 4 is 5.97 Å². The summed E-state index contributed by atoms with van der Waals surface area (Å²) < 4.78 is 6.24. The Hall–Kier alpha value is -2.87. The lowest BCUT2D eigenvalue weighted by Gasteiger charge is -2.42. The summed E-state index contributed by atoms with van der Waals surface area (Å²) in [6.07, 6.45) is 1.64. The molecule has 0 saturated heterocycles. The zero-order valence-electron chi connectivity index (χ0n) is 17.1. The smallest absolute Gasteiger partial charge is 0.309 e. The Morgan fingerprint density at radius 1 is 1.18 bits per heavy atom. The van der Waals surface area contributed by atoms with Crippen molar-refractivity contribution in [3.05, 3.63) is 52.3 Å². The summed E-state index contributed by atoms with van der Waals surface area (Å²) in [5.41, 5.74) is 4.02. The maximum atomic E-state index is 10.7. The molecule has 1 aromatic carbocycles. The van der Waals surface area contributed by atoms with Crippen LogP contribution >= 0.6 is 0 Å². The molecule has 0 atom stereocenters. The van der Waals surface area contributed by atoms with Crippen molar-refractivity contribution in [2.45, 2.75) is 64.9 Å². The molecule has 146 valence electrons. The van der Waals surface area contributed by atoms with Gasteiger partial charge in [-0.1, -0.05) is 26.7 Å². The van der Waals surface area contributed by atoms with Crippen LogP contribution in [-0.2, 0) is 23.1 Å². The van der Waals surface area contributed by atoms with E-state index in [0.29, 0.717) is 11.4 Å². The van der Waals surface area contributed by atoms with E-state index < -0.39 is 5.97 Å². The average molecular weight is 378 g/mol. The van der Waals surface area contributed by atoms with Crippen molar-refractivity contribution in [1.29, 1.82) is 0 Å². The van der Waals surface area contributed by atoms with Gasteiger partial charge in [-0.05, 0) is 67.9 Å². The zero-order chi connectivity index (χ0) is 20.5. The van der Waals surface area contributed by atoms with Crippen LogP contribution < -0.4 is 4.74 Å². The molecule has 0 bridgehead atoms. The number of carboxylic acids is 1. The highest BCUT2D eigenvalue weighted by atomic mass is 16.5. The summed E-state index contributed by atoms with van der Waals surface area (Å²) in [4.78, 5) is 10.7. The van der Waals surface area contributed by atoms with Crippen LogP contribution in [0.2, 0.25) is 0 Å². The van der Waals surface area contributed by atoms with Gasteiger partial charge in [0.1, 0.15) is 17.0 Å². The fraction of sp³-hybridized carbons (Fsp3) is 0.435. The lowest BCUT2D eigenvalue weighted by molar-refractivity contribution is -0.136. The Balaban J connectivity index is 1.96. The molecule has 0 radical (unpaired) electrons. The molecule has 28 heavy (non-hydrogen) atoms. The Morgan fingerprint density at radius 3 is 2.54 bits per heavy atom. The molecule has 0 saturated carbocycles. The molecule has 0 unspecified atom stereocenters. The summed E-state index contributed by atoms with van der Waals surface area (Å²) in [5, 5.41) is 16.8. The highest BCUT2D eigenvalue weighted by molar-refractivity contribution is 5.69. The van der Waals surface area contributed by atoms with E-state index in [2.05, 4.69) is 68.8 Å². The molecule has 2 aromatic rings. The minimum atomic E-state index is -0.928. The highest BCUT2D eigenvalue weighted by Gasteiger charge is 2.39. The Morgan fingerprint density at radius 2 is 1.93 bits per heavy atom. The third kappa shape index (κ3) is 4.33. The van der Waals surface area contributed by atoms with Crippen LogP contribution in [-0.4, -0.2) is 26.9 Å². The fourth-order valence-corrected chi connectivity index (χ4v) is 3.94. The summed E-state index contributed by atoms with van der Waals surface area (Å²) in [5.74, 6) is 6.30. The molecule has 1 aromatic heterocycles. The van der Waals surface area contributed by atoms with Gasteiger partial charge in [-0.2, -0.15) is 5.10 Å². The van der Waals surface area contributed by atoms with E-state index in [0.717, 1.165) is 29.7 Å². The topological polar surface area (TPSA) is 72.3 Å². The van der Waals surface area contributed by atoms with Crippen LogP contribution in [0.4, 0.5) is 0 Å². The molecule has 5 nitrogen and oxygen atoms in total. The minimum Gasteiger partial charge on any atom is -0.488 e. The van der Waals surface area contributed by atoms with Crippen molar-refractivity contribution in [2.75, 3.05) is 0 Å². The fourth-order valence-electron chi connectivity index (χ4n) is 3.94. The van der Waals surface area contributed by atoms with E-state index in [4.69, 9.17) is 9.84 Å². The summed E-state index contributed by atoms with van der Waals surface area (Å²) >= 11 is 0. The molecule has 0 fully saturated rings. The molecule has 3 rings (SSSR count). The Bertz CT molecular complexity index is 964. The first-order valence-electron chi connectivity index (χ1n) is 9.52. The summed E-state index contributed by atoms with van der Waals surface area (Å²) in [6, 6.07) is 7.61.